The predicted octanol–water partition coefficient (Wildman–Crippen LogP) is -0.217. The molecule has 4 heteroatoms. The molecule has 1 aliphatic rings. The Morgan fingerprint density at radius 3 is 2.91 bits per heavy atom. The van der Waals surface area contributed by atoms with Crippen molar-refractivity contribution in [1.29, 1.82) is 0 Å². The van der Waals surface area contributed by atoms with E-state index in [-0.39, 0.29) is 18.7 Å². The number of hydrogen-bond donors (Lipinski definition) is 2. The first-order valence-electron chi connectivity index (χ1n) is 3.95. The zero-order valence-corrected chi connectivity index (χ0v) is 6.71. The van der Waals surface area contributed by atoms with E-state index in [1.807, 2.05) is 6.92 Å². The Labute approximate surface area is 66.2 Å². The maximum atomic E-state index is 11.0. The van der Waals surface area contributed by atoms with Crippen molar-refractivity contribution in [2.45, 2.75) is 19.4 Å². The van der Waals surface area contributed by atoms with Gasteiger partial charge in [-0.25, -0.2) is 4.79 Å². The number of amides is 2. The van der Waals surface area contributed by atoms with Gasteiger partial charge in [-0.1, -0.05) is 6.92 Å². The molecule has 1 aliphatic heterocycles. The van der Waals surface area contributed by atoms with Gasteiger partial charge in [-0.3, -0.25) is 0 Å². The first-order chi connectivity index (χ1) is 5.29. The average molecular weight is 158 g/mol. The maximum Gasteiger partial charge on any atom is 0.317 e. The molecule has 0 spiro atoms. The van der Waals surface area contributed by atoms with Gasteiger partial charge in [-0.05, 0) is 6.42 Å². The van der Waals surface area contributed by atoms with Crippen molar-refractivity contribution in [2.24, 2.45) is 0 Å². The fraction of sp³-hybridized carbons (Fsp3) is 0.857. The normalized spacial score (nSPS) is 20.2. The molecular weight excluding hydrogens is 144 g/mol. The summed E-state index contributed by atoms with van der Waals surface area (Å²) in [5.41, 5.74) is 0. The van der Waals surface area contributed by atoms with Crippen LogP contribution in [0, 0.1) is 0 Å². The minimum atomic E-state index is -0.0501. The van der Waals surface area contributed by atoms with Gasteiger partial charge >= 0.3 is 6.03 Å². The Hall–Kier alpha value is -0.770. The van der Waals surface area contributed by atoms with Crippen LogP contribution in [-0.2, 0) is 0 Å². The number of urea groups is 1. The summed E-state index contributed by atoms with van der Waals surface area (Å²) in [6.45, 7) is 3.45. The maximum absolute atomic E-state index is 11.0. The van der Waals surface area contributed by atoms with Crippen LogP contribution in [0.2, 0.25) is 0 Å². The highest BCUT2D eigenvalue weighted by molar-refractivity contribution is 5.76. The van der Waals surface area contributed by atoms with Gasteiger partial charge in [0, 0.05) is 13.1 Å². The molecule has 4 nitrogen and oxygen atoms in total. The Morgan fingerprint density at radius 2 is 2.55 bits per heavy atom. The third-order valence-electron chi connectivity index (χ3n) is 2.01. The first-order valence-corrected chi connectivity index (χ1v) is 3.95. The van der Waals surface area contributed by atoms with Crippen molar-refractivity contribution < 1.29 is 9.90 Å². The lowest BCUT2D eigenvalue weighted by Gasteiger charge is -2.23. The average Bonchev–Trinajstić information content (AvgIpc) is 2.40. The van der Waals surface area contributed by atoms with Crippen molar-refractivity contribution in [3.63, 3.8) is 0 Å². The SMILES string of the molecule is CCC(CO)N1CCNC1=O. The Kier molecular flexibility index (Phi) is 2.70. The van der Waals surface area contributed by atoms with Gasteiger partial charge in [0.1, 0.15) is 0 Å². The number of nitrogens with zero attached hydrogens (tertiary/aromatic N) is 1. The molecule has 0 bridgehead atoms. The van der Waals surface area contributed by atoms with Crippen LogP contribution in [0.1, 0.15) is 13.3 Å². The van der Waals surface area contributed by atoms with E-state index in [4.69, 9.17) is 5.11 Å². The minimum absolute atomic E-state index is 0.00231. The van der Waals surface area contributed by atoms with Crippen LogP contribution in [0.3, 0.4) is 0 Å². The number of carbonyl (C=O) groups is 1. The highest BCUT2D eigenvalue weighted by atomic mass is 16.3. The summed E-state index contributed by atoms with van der Waals surface area (Å²) in [6, 6.07) is -0.0524. The summed E-state index contributed by atoms with van der Waals surface area (Å²) in [6.07, 6.45) is 0.809. The van der Waals surface area contributed by atoms with Gasteiger partial charge in [0.15, 0.2) is 0 Å². The summed E-state index contributed by atoms with van der Waals surface area (Å²) >= 11 is 0. The number of carbonyl (C=O) groups excluding carboxylic acids is 1. The molecule has 1 saturated heterocycles. The molecule has 0 saturated carbocycles. The lowest BCUT2D eigenvalue weighted by atomic mass is 10.2. The molecule has 2 amide bonds. The van der Waals surface area contributed by atoms with E-state index >= 15 is 0 Å². The topological polar surface area (TPSA) is 52.6 Å². The van der Waals surface area contributed by atoms with Crippen LogP contribution >= 0.6 is 0 Å². The molecule has 1 fully saturated rings. The third kappa shape index (κ3) is 1.63. The van der Waals surface area contributed by atoms with Gasteiger partial charge in [0.05, 0.1) is 12.6 Å². The summed E-state index contributed by atoms with van der Waals surface area (Å²) in [5, 5.41) is 11.6. The summed E-state index contributed by atoms with van der Waals surface area (Å²) in [4.78, 5) is 12.7. The second kappa shape index (κ2) is 3.57. The standard InChI is InChI=1S/C7H14N2O2/c1-2-6(5-10)9-4-3-8-7(9)11/h6,10H,2-5H2,1H3,(H,8,11). The van der Waals surface area contributed by atoms with Crippen LogP contribution in [0.5, 0.6) is 0 Å². The van der Waals surface area contributed by atoms with Crippen LogP contribution < -0.4 is 5.32 Å². The van der Waals surface area contributed by atoms with Crippen molar-refractivity contribution in [1.82, 2.24) is 10.2 Å². The Balaban J connectivity index is 2.49. The van der Waals surface area contributed by atoms with Gasteiger partial charge in [0.2, 0.25) is 0 Å². The lowest BCUT2D eigenvalue weighted by Crippen LogP contribution is -2.39. The summed E-state index contributed by atoms with van der Waals surface area (Å²) in [5.74, 6) is 0. The van der Waals surface area contributed by atoms with Crippen LogP contribution in [0.15, 0.2) is 0 Å². The monoisotopic (exact) mass is 158 g/mol. The predicted molar refractivity (Wildman–Crippen MR) is 41.3 cm³/mol. The second-order valence-corrected chi connectivity index (χ2v) is 2.67. The quantitative estimate of drug-likeness (QED) is 0.596. The molecule has 1 rings (SSSR count). The second-order valence-electron chi connectivity index (χ2n) is 2.67. The van der Waals surface area contributed by atoms with E-state index in [0.29, 0.717) is 6.54 Å². The van der Waals surface area contributed by atoms with E-state index in [1.165, 1.54) is 0 Å². The fourth-order valence-corrected chi connectivity index (χ4v) is 1.28. The Morgan fingerprint density at radius 1 is 1.82 bits per heavy atom. The van der Waals surface area contributed by atoms with E-state index < -0.39 is 0 Å². The summed E-state index contributed by atoms with van der Waals surface area (Å²) < 4.78 is 0. The molecule has 0 aromatic carbocycles. The van der Waals surface area contributed by atoms with Crippen LogP contribution in [0.4, 0.5) is 4.79 Å². The minimum Gasteiger partial charge on any atom is -0.394 e. The largest absolute Gasteiger partial charge is 0.394 e. The molecule has 1 unspecified atom stereocenters. The van der Waals surface area contributed by atoms with E-state index in [2.05, 4.69) is 5.32 Å². The molecule has 0 radical (unpaired) electrons. The molecular formula is C7H14N2O2. The van der Waals surface area contributed by atoms with Crippen molar-refractivity contribution in [3.05, 3.63) is 0 Å². The highest BCUT2D eigenvalue weighted by Gasteiger charge is 2.25. The third-order valence-corrected chi connectivity index (χ3v) is 2.01. The van der Waals surface area contributed by atoms with Gasteiger partial charge in [-0.15, -0.1) is 0 Å². The Bertz CT molecular complexity index is 145. The molecule has 0 aromatic heterocycles. The summed E-state index contributed by atoms with van der Waals surface area (Å²) in [7, 11) is 0. The molecule has 11 heavy (non-hydrogen) atoms. The zero-order chi connectivity index (χ0) is 8.27. The molecule has 2 N–H and O–H groups in total. The number of rotatable bonds is 3. The molecule has 0 aromatic rings. The van der Waals surface area contributed by atoms with Crippen LogP contribution in [-0.4, -0.2) is 41.8 Å². The van der Waals surface area contributed by atoms with E-state index in [0.717, 1.165) is 13.0 Å². The van der Waals surface area contributed by atoms with Gasteiger partial charge in [0.25, 0.3) is 0 Å². The van der Waals surface area contributed by atoms with Crippen molar-refractivity contribution in [3.8, 4) is 0 Å². The van der Waals surface area contributed by atoms with Crippen molar-refractivity contribution >= 4 is 6.03 Å². The molecule has 1 heterocycles. The lowest BCUT2D eigenvalue weighted by molar-refractivity contribution is 0.149. The first kappa shape index (κ1) is 8.33. The molecule has 64 valence electrons. The molecule has 1 atom stereocenters. The smallest absolute Gasteiger partial charge is 0.317 e. The van der Waals surface area contributed by atoms with E-state index in [9.17, 15) is 4.79 Å². The number of nitrogens with one attached hydrogen (secondary N) is 1. The zero-order valence-electron chi connectivity index (χ0n) is 6.71. The number of hydrogen-bond acceptors (Lipinski definition) is 2. The van der Waals surface area contributed by atoms with Crippen LogP contribution in [0.25, 0.3) is 0 Å². The fourth-order valence-electron chi connectivity index (χ4n) is 1.28. The van der Waals surface area contributed by atoms with Gasteiger partial charge < -0.3 is 15.3 Å². The number of aliphatic hydroxyl groups is 1. The van der Waals surface area contributed by atoms with Gasteiger partial charge in [-0.2, -0.15) is 0 Å². The van der Waals surface area contributed by atoms with Crippen molar-refractivity contribution in [2.75, 3.05) is 19.7 Å². The highest BCUT2D eigenvalue weighted by Crippen LogP contribution is 2.06. The number of aliphatic hydroxyl groups excluding tert-OH is 1. The van der Waals surface area contributed by atoms with E-state index in [1.54, 1.807) is 4.90 Å². The molecule has 0 aliphatic carbocycles.